The van der Waals surface area contributed by atoms with Gasteiger partial charge in [0.25, 0.3) is 0 Å². The molecule has 0 saturated heterocycles. The molecule has 2 aromatic rings. The van der Waals surface area contributed by atoms with Crippen molar-refractivity contribution in [1.29, 1.82) is 0 Å². The lowest BCUT2D eigenvalue weighted by molar-refractivity contribution is 0.578. The molecule has 0 bridgehead atoms. The zero-order valence-corrected chi connectivity index (χ0v) is 10.7. The Kier molecular flexibility index (Phi) is 4.30. The Morgan fingerprint density at radius 2 is 2.41 bits per heavy atom. The Balaban J connectivity index is 1.82. The summed E-state index contributed by atoms with van der Waals surface area (Å²) >= 11 is 7.48. The van der Waals surface area contributed by atoms with Crippen LogP contribution >= 0.6 is 22.9 Å². The molecule has 6 heteroatoms. The highest BCUT2D eigenvalue weighted by molar-refractivity contribution is 7.09. The lowest BCUT2D eigenvalue weighted by Gasteiger charge is -2.06. The van der Waals surface area contributed by atoms with Gasteiger partial charge in [0.2, 0.25) is 0 Å². The second-order valence-corrected chi connectivity index (χ2v) is 4.97. The van der Waals surface area contributed by atoms with Gasteiger partial charge < -0.3 is 5.32 Å². The maximum atomic E-state index is 11.4. The van der Waals surface area contributed by atoms with Crippen molar-refractivity contribution >= 4 is 22.9 Å². The van der Waals surface area contributed by atoms with Gasteiger partial charge in [0.1, 0.15) is 0 Å². The van der Waals surface area contributed by atoms with Crippen molar-refractivity contribution in [3.63, 3.8) is 0 Å². The number of nitrogens with one attached hydrogen (secondary N) is 1. The predicted molar refractivity (Wildman–Crippen MR) is 69.5 cm³/mol. The van der Waals surface area contributed by atoms with Crippen LogP contribution in [0, 0.1) is 0 Å². The molecule has 17 heavy (non-hydrogen) atoms. The maximum absolute atomic E-state index is 11.4. The molecular formula is C11H12ClN3OS. The van der Waals surface area contributed by atoms with Gasteiger partial charge in [0.05, 0.1) is 11.2 Å². The third kappa shape index (κ3) is 3.66. The summed E-state index contributed by atoms with van der Waals surface area (Å²) in [6, 6.07) is 4.10. The van der Waals surface area contributed by atoms with Gasteiger partial charge in [-0.05, 0) is 11.4 Å². The van der Waals surface area contributed by atoms with Crippen LogP contribution in [0.4, 0.5) is 0 Å². The summed E-state index contributed by atoms with van der Waals surface area (Å²) < 4.78 is 1.50. The first-order valence-corrected chi connectivity index (χ1v) is 6.46. The van der Waals surface area contributed by atoms with E-state index in [4.69, 9.17) is 11.6 Å². The number of hydrogen-bond acceptors (Lipinski definition) is 4. The Morgan fingerprint density at radius 1 is 1.53 bits per heavy atom. The van der Waals surface area contributed by atoms with Crippen molar-refractivity contribution < 1.29 is 0 Å². The van der Waals surface area contributed by atoms with Crippen LogP contribution in [0.15, 0.2) is 34.7 Å². The minimum Gasteiger partial charge on any atom is -0.310 e. The van der Waals surface area contributed by atoms with Gasteiger partial charge in [0, 0.05) is 30.7 Å². The quantitative estimate of drug-likeness (QED) is 0.842. The van der Waals surface area contributed by atoms with E-state index in [0.717, 1.165) is 6.54 Å². The molecule has 1 N–H and O–H groups in total. The summed E-state index contributed by atoms with van der Waals surface area (Å²) in [4.78, 5) is 16.3. The van der Waals surface area contributed by atoms with Crippen molar-refractivity contribution in [2.24, 2.45) is 0 Å². The molecule has 0 radical (unpaired) electrons. The van der Waals surface area contributed by atoms with Crippen LogP contribution in [-0.4, -0.2) is 16.1 Å². The zero-order chi connectivity index (χ0) is 12.1. The SMILES string of the molecule is O=c1ncc(Cl)cn1CCNCc1cccs1. The summed E-state index contributed by atoms with van der Waals surface area (Å²) in [5.74, 6) is 0. The van der Waals surface area contributed by atoms with Gasteiger partial charge in [0.15, 0.2) is 0 Å². The average molecular weight is 270 g/mol. The fourth-order valence-corrected chi connectivity index (χ4v) is 2.25. The summed E-state index contributed by atoms with van der Waals surface area (Å²) in [5.41, 5.74) is -0.271. The van der Waals surface area contributed by atoms with Gasteiger partial charge in [-0.1, -0.05) is 17.7 Å². The van der Waals surface area contributed by atoms with Crippen molar-refractivity contribution in [2.75, 3.05) is 6.54 Å². The Bertz CT molecular complexity index is 524. The lowest BCUT2D eigenvalue weighted by atomic mass is 10.4. The van der Waals surface area contributed by atoms with E-state index in [2.05, 4.69) is 16.4 Å². The van der Waals surface area contributed by atoms with Gasteiger partial charge in [-0.25, -0.2) is 9.78 Å². The van der Waals surface area contributed by atoms with E-state index in [-0.39, 0.29) is 5.69 Å². The van der Waals surface area contributed by atoms with Crippen LogP contribution < -0.4 is 11.0 Å². The molecule has 2 aromatic heterocycles. The van der Waals surface area contributed by atoms with E-state index in [9.17, 15) is 4.79 Å². The first kappa shape index (κ1) is 12.3. The van der Waals surface area contributed by atoms with E-state index >= 15 is 0 Å². The normalized spacial score (nSPS) is 10.6. The predicted octanol–water partition coefficient (Wildman–Crippen LogP) is 1.75. The van der Waals surface area contributed by atoms with Gasteiger partial charge in [-0.3, -0.25) is 4.57 Å². The number of halogens is 1. The first-order chi connectivity index (χ1) is 8.25. The third-order valence-electron chi connectivity index (χ3n) is 2.23. The molecule has 0 fully saturated rings. The molecule has 0 atom stereocenters. The third-order valence-corrected chi connectivity index (χ3v) is 3.30. The molecule has 0 aliphatic rings. The Labute approximate surface area is 108 Å². The Morgan fingerprint density at radius 3 is 3.18 bits per heavy atom. The van der Waals surface area contributed by atoms with E-state index < -0.39 is 0 Å². The van der Waals surface area contributed by atoms with Gasteiger partial charge in [-0.2, -0.15) is 0 Å². The Hall–Kier alpha value is -1.17. The molecule has 90 valence electrons. The minimum absolute atomic E-state index is 0.271. The lowest BCUT2D eigenvalue weighted by Crippen LogP contribution is -2.27. The van der Waals surface area contributed by atoms with Crippen LogP contribution in [0.25, 0.3) is 0 Å². The molecule has 0 unspecified atom stereocenters. The molecule has 0 aliphatic heterocycles. The molecule has 0 aromatic carbocycles. The highest BCUT2D eigenvalue weighted by atomic mass is 35.5. The van der Waals surface area contributed by atoms with Crippen LogP contribution in [0.2, 0.25) is 5.02 Å². The second kappa shape index (κ2) is 5.95. The van der Waals surface area contributed by atoms with Crippen LogP contribution in [0.5, 0.6) is 0 Å². The van der Waals surface area contributed by atoms with Crippen LogP contribution in [0.3, 0.4) is 0 Å². The topological polar surface area (TPSA) is 46.9 Å². The van der Waals surface area contributed by atoms with Crippen LogP contribution in [-0.2, 0) is 13.1 Å². The number of rotatable bonds is 5. The maximum Gasteiger partial charge on any atom is 0.347 e. The van der Waals surface area contributed by atoms with Crippen molar-refractivity contribution in [1.82, 2.24) is 14.9 Å². The number of thiophene rings is 1. The van der Waals surface area contributed by atoms with E-state index in [1.165, 1.54) is 15.6 Å². The second-order valence-electron chi connectivity index (χ2n) is 3.50. The van der Waals surface area contributed by atoms with Crippen molar-refractivity contribution in [3.05, 3.63) is 50.3 Å². The largest absolute Gasteiger partial charge is 0.347 e. The van der Waals surface area contributed by atoms with Crippen molar-refractivity contribution in [2.45, 2.75) is 13.1 Å². The molecular weight excluding hydrogens is 258 g/mol. The zero-order valence-electron chi connectivity index (χ0n) is 9.10. The summed E-state index contributed by atoms with van der Waals surface area (Å²) in [6.07, 6.45) is 2.96. The molecule has 4 nitrogen and oxygen atoms in total. The van der Waals surface area contributed by atoms with E-state index in [0.29, 0.717) is 18.1 Å². The number of hydrogen-bond donors (Lipinski definition) is 1. The average Bonchev–Trinajstić information content (AvgIpc) is 2.82. The van der Waals surface area contributed by atoms with Crippen LogP contribution in [0.1, 0.15) is 4.88 Å². The summed E-state index contributed by atoms with van der Waals surface area (Å²) in [7, 11) is 0. The molecule has 0 aliphatic carbocycles. The fourth-order valence-electron chi connectivity index (χ4n) is 1.41. The molecule has 0 spiro atoms. The summed E-state index contributed by atoms with van der Waals surface area (Å²) in [6.45, 7) is 2.10. The molecule has 2 rings (SSSR count). The first-order valence-electron chi connectivity index (χ1n) is 5.21. The van der Waals surface area contributed by atoms with Gasteiger partial charge >= 0.3 is 5.69 Å². The van der Waals surface area contributed by atoms with E-state index in [1.54, 1.807) is 17.5 Å². The monoisotopic (exact) mass is 269 g/mol. The van der Waals surface area contributed by atoms with E-state index in [1.807, 2.05) is 11.4 Å². The van der Waals surface area contributed by atoms with Crippen molar-refractivity contribution in [3.8, 4) is 0 Å². The number of nitrogens with zero attached hydrogens (tertiary/aromatic N) is 2. The minimum atomic E-state index is -0.271. The standard InChI is InChI=1S/C11H12ClN3OS/c12-9-6-14-11(16)15(8-9)4-3-13-7-10-2-1-5-17-10/h1-2,5-6,8,13H,3-4,7H2. The smallest absolute Gasteiger partial charge is 0.310 e. The molecule has 0 amide bonds. The summed E-state index contributed by atoms with van der Waals surface area (Å²) in [5, 5.41) is 5.78. The molecule has 0 saturated carbocycles. The molecule has 2 heterocycles. The highest BCUT2D eigenvalue weighted by Gasteiger charge is 1.98. The van der Waals surface area contributed by atoms with Gasteiger partial charge in [-0.15, -0.1) is 11.3 Å². The fraction of sp³-hybridized carbons (Fsp3) is 0.273. The number of aromatic nitrogens is 2. The highest BCUT2D eigenvalue weighted by Crippen LogP contribution is 2.07.